The second-order valence-corrected chi connectivity index (χ2v) is 9.96. The lowest BCUT2D eigenvalue weighted by Gasteiger charge is -2.39. The lowest BCUT2D eigenvalue weighted by molar-refractivity contribution is 0.317. The lowest BCUT2D eigenvalue weighted by Crippen LogP contribution is -2.57. The van der Waals surface area contributed by atoms with E-state index in [0.717, 1.165) is 37.7 Å². The van der Waals surface area contributed by atoms with Crippen molar-refractivity contribution in [2.75, 3.05) is 39.0 Å². The average molecular weight is 509 g/mol. The Kier molecular flexibility index (Phi) is 9.33. The molecule has 1 fully saturated rings. The third-order valence-electron chi connectivity index (χ3n) is 4.62. The number of benzene rings is 1. The fourth-order valence-electron chi connectivity index (χ4n) is 2.99. The summed E-state index contributed by atoms with van der Waals surface area (Å²) in [5.41, 5.74) is 1.20. The molecule has 0 aromatic heterocycles. The van der Waals surface area contributed by atoms with Crippen LogP contribution in [0.3, 0.4) is 0 Å². The SMILES string of the molecule is CCCOc1cccc(CCNC(=NC)N2CCS(=O)(=O)C(C)(C)C2)c1.I. The van der Waals surface area contributed by atoms with Crippen molar-refractivity contribution in [3.63, 3.8) is 0 Å². The minimum absolute atomic E-state index is 0. The van der Waals surface area contributed by atoms with Gasteiger partial charge in [0.15, 0.2) is 15.8 Å². The predicted molar refractivity (Wildman–Crippen MR) is 122 cm³/mol. The van der Waals surface area contributed by atoms with Gasteiger partial charge in [-0.25, -0.2) is 8.42 Å². The molecule has 8 heteroatoms. The summed E-state index contributed by atoms with van der Waals surface area (Å²) in [5.74, 6) is 1.82. The van der Waals surface area contributed by atoms with E-state index in [9.17, 15) is 8.42 Å². The fraction of sp³-hybridized carbons (Fsp3) is 0.632. The van der Waals surface area contributed by atoms with Crippen LogP contribution < -0.4 is 10.1 Å². The van der Waals surface area contributed by atoms with Gasteiger partial charge in [-0.1, -0.05) is 19.1 Å². The molecule has 1 heterocycles. The third kappa shape index (κ3) is 6.51. The van der Waals surface area contributed by atoms with Crippen molar-refractivity contribution in [3.8, 4) is 5.75 Å². The van der Waals surface area contributed by atoms with E-state index in [1.807, 2.05) is 17.0 Å². The van der Waals surface area contributed by atoms with Crippen LogP contribution in [0.25, 0.3) is 0 Å². The summed E-state index contributed by atoms with van der Waals surface area (Å²) >= 11 is 0. The first-order valence-corrected chi connectivity index (χ1v) is 10.8. The molecular weight excluding hydrogens is 477 g/mol. The molecule has 27 heavy (non-hydrogen) atoms. The highest BCUT2D eigenvalue weighted by atomic mass is 127. The van der Waals surface area contributed by atoms with Crippen molar-refractivity contribution in [1.29, 1.82) is 0 Å². The zero-order valence-corrected chi connectivity index (χ0v) is 19.8. The Bertz CT molecular complexity index is 735. The van der Waals surface area contributed by atoms with Gasteiger partial charge in [-0.05, 0) is 44.4 Å². The van der Waals surface area contributed by atoms with Crippen LogP contribution in [0.4, 0.5) is 0 Å². The van der Waals surface area contributed by atoms with Crippen LogP contribution in [-0.2, 0) is 16.3 Å². The molecule has 154 valence electrons. The van der Waals surface area contributed by atoms with E-state index in [2.05, 4.69) is 29.4 Å². The van der Waals surface area contributed by atoms with Gasteiger partial charge in [0.05, 0.1) is 17.1 Å². The first-order chi connectivity index (χ1) is 12.3. The van der Waals surface area contributed by atoms with Crippen molar-refractivity contribution >= 4 is 39.8 Å². The topological polar surface area (TPSA) is 71.0 Å². The zero-order valence-electron chi connectivity index (χ0n) is 16.7. The first-order valence-electron chi connectivity index (χ1n) is 9.18. The standard InChI is InChI=1S/C19H31N3O3S.HI/c1-5-12-25-17-8-6-7-16(14-17)9-10-21-18(20-4)22-11-13-26(23,24)19(2,3)15-22;/h6-8,14H,5,9-13,15H2,1-4H3,(H,20,21);1H. The van der Waals surface area contributed by atoms with E-state index < -0.39 is 14.6 Å². The third-order valence-corrected chi connectivity index (χ3v) is 7.16. The number of aliphatic imine (C=N–C) groups is 1. The predicted octanol–water partition coefficient (Wildman–Crippen LogP) is 2.72. The molecule has 1 aliphatic rings. The molecule has 0 spiro atoms. The highest BCUT2D eigenvalue weighted by Crippen LogP contribution is 2.23. The van der Waals surface area contributed by atoms with Gasteiger partial charge in [-0.15, -0.1) is 24.0 Å². The van der Waals surface area contributed by atoms with Crippen LogP contribution in [0.15, 0.2) is 29.3 Å². The summed E-state index contributed by atoms with van der Waals surface area (Å²) in [7, 11) is -1.32. The van der Waals surface area contributed by atoms with Gasteiger partial charge in [-0.2, -0.15) is 0 Å². The molecule has 2 rings (SSSR count). The molecule has 1 aromatic carbocycles. The lowest BCUT2D eigenvalue weighted by atomic mass is 10.1. The highest BCUT2D eigenvalue weighted by molar-refractivity contribution is 14.0. The normalized spacial score (nSPS) is 18.5. The molecule has 6 nitrogen and oxygen atoms in total. The van der Waals surface area contributed by atoms with Crippen LogP contribution in [0.2, 0.25) is 0 Å². The Labute approximate surface area is 180 Å². The van der Waals surface area contributed by atoms with Crippen LogP contribution >= 0.6 is 24.0 Å². The summed E-state index contributed by atoms with van der Waals surface area (Å²) in [5, 5.41) is 3.36. The Morgan fingerprint density at radius 2 is 2.11 bits per heavy atom. The number of ether oxygens (including phenoxy) is 1. The molecule has 0 aliphatic carbocycles. The number of halogens is 1. The summed E-state index contributed by atoms with van der Waals surface area (Å²) in [6.07, 6.45) is 1.84. The molecule has 1 saturated heterocycles. The van der Waals surface area contributed by atoms with E-state index in [4.69, 9.17) is 4.74 Å². The van der Waals surface area contributed by atoms with Crippen LogP contribution in [0.1, 0.15) is 32.8 Å². The molecule has 0 unspecified atom stereocenters. The smallest absolute Gasteiger partial charge is 0.193 e. The molecule has 0 amide bonds. The van der Waals surface area contributed by atoms with Crippen molar-refractivity contribution in [3.05, 3.63) is 29.8 Å². The largest absolute Gasteiger partial charge is 0.494 e. The number of hydrogen-bond donors (Lipinski definition) is 1. The second kappa shape index (κ2) is 10.5. The molecule has 0 atom stereocenters. The second-order valence-electron chi connectivity index (χ2n) is 7.22. The molecule has 1 aliphatic heterocycles. The van der Waals surface area contributed by atoms with E-state index in [-0.39, 0.29) is 29.7 Å². The average Bonchev–Trinajstić information content (AvgIpc) is 2.60. The molecule has 0 bridgehead atoms. The monoisotopic (exact) mass is 509 g/mol. The van der Waals surface area contributed by atoms with E-state index >= 15 is 0 Å². The summed E-state index contributed by atoms with van der Waals surface area (Å²) in [6, 6.07) is 8.13. The summed E-state index contributed by atoms with van der Waals surface area (Å²) < 4.78 is 29.3. The van der Waals surface area contributed by atoms with Gasteiger partial charge in [0.2, 0.25) is 0 Å². The Hall–Kier alpha value is -1.03. The quantitative estimate of drug-likeness (QED) is 0.363. The van der Waals surface area contributed by atoms with Crippen LogP contribution in [-0.4, -0.2) is 63.1 Å². The highest BCUT2D eigenvalue weighted by Gasteiger charge is 2.40. The van der Waals surface area contributed by atoms with Crippen LogP contribution in [0.5, 0.6) is 5.75 Å². The maximum atomic E-state index is 12.2. The maximum absolute atomic E-state index is 12.2. The van der Waals surface area contributed by atoms with Crippen molar-refractivity contribution in [1.82, 2.24) is 10.2 Å². The molecule has 0 saturated carbocycles. The van der Waals surface area contributed by atoms with Gasteiger partial charge in [-0.3, -0.25) is 4.99 Å². The zero-order chi connectivity index (χ0) is 19.2. The van der Waals surface area contributed by atoms with E-state index in [1.54, 1.807) is 20.9 Å². The van der Waals surface area contributed by atoms with Crippen molar-refractivity contribution in [2.24, 2.45) is 4.99 Å². The van der Waals surface area contributed by atoms with Crippen molar-refractivity contribution < 1.29 is 13.2 Å². The van der Waals surface area contributed by atoms with Gasteiger partial charge in [0.1, 0.15) is 5.75 Å². The van der Waals surface area contributed by atoms with E-state index in [1.165, 1.54) is 5.56 Å². The van der Waals surface area contributed by atoms with Crippen LogP contribution in [0, 0.1) is 0 Å². The number of nitrogens with one attached hydrogen (secondary N) is 1. The Morgan fingerprint density at radius 1 is 1.37 bits per heavy atom. The fourth-order valence-corrected chi connectivity index (χ4v) is 4.35. The minimum atomic E-state index is -3.05. The summed E-state index contributed by atoms with van der Waals surface area (Å²) in [6.45, 7) is 8.04. The molecular formula is C19H32IN3O3S. The minimum Gasteiger partial charge on any atom is -0.494 e. The maximum Gasteiger partial charge on any atom is 0.193 e. The molecule has 1 aromatic rings. The number of nitrogens with zero attached hydrogens (tertiary/aromatic N) is 2. The van der Waals surface area contributed by atoms with Gasteiger partial charge in [0.25, 0.3) is 0 Å². The number of hydrogen-bond acceptors (Lipinski definition) is 4. The molecule has 0 radical (unpaired) electrons. The Morgan fingerprint density at radius 3 is 2.74 bits per heavy atom. The molecule has 1 N–H and O–H groups in total. The number of sulfone groups is 1. The van der Waals surface area contributed by atoms with Gasteiger partial charge >= 0.3 is 0 Å². The van der Waals surface area contributed by atoms with Crippen molar-refractivity contribution in [2.45, 2.75) is 38.4 Å². The van der Waals surface area contributed by atoms with Gasteiger partial charge < -0.3 is 15.0 Å². The number of rotatable bonds is 6. The first kappa shape index (κ1) is 24.0. The summed E-state index contributed by atoms with van der Waals surface area (Å²) in [4.78, 5) is 6.36. The Balaban J connectivity index is 0.00000364. The van der Waals surface area contributed by atoms with E-state index in [0.29, 0.717) is 13.1 Å². The van der Waals surface area contributed by atoms with Gasteiger partial charge in [0, 0.05) is 26.7 Å². The number of guanidine groups is 1.